The average molecular weight is 414 g/mol. The first-order valence-corrected chi connectivity index (χ1v) is 8.34. The molecular formula is C17H14Cl2FN3O4. The van der Waals surface area contributed by atoms with Crippen molar-refractivity contribution < 1.29 is 23.9 Å². The van der Waals surface area contributed by atoms with Gasteiger partial charge in [0.2, 0.25) is 5.91 Å². The third kappa shape index (κ3) is 5.83. The number of carbonyl (C=O) groups is 3. The lowest BCUT2D eigenvalue weighted by molar-refractivity contribution is -0.121. The Kier molecular flexibility index (Phi) is 6.98. The van der Waals surface area contributed by atoms with Gasteiger partial charge in [-0.15, -0.1) is 0 Å². The number of benzene rings is 2. The van der Waals surface area contributed by atoms with Crippen LogP contribution < -0.4 is 16.2 Å². The monoisotopic (exact) mass is 413 g/mol. The predicted octanol–water partition coefficient (Wildman–Crippen LogP) is 2.42. The molecule has 7 nitrogen and oxygen atoms in total. The quantitative estimate of drug-likeness (QED) is 0.564. The van der Waals surface area contributed by atoms with E-state index in [1.54, 1.807) is 0 Å². The number of phenols is 1. The number of hydrogen-bond donors (Lipinski definition) is 4. The summed E-state index contributed by atoms with van der Waals surface area (Å²) in [6.45, 7) is -0.0450. The highest BCUT2D eigenvalue weighted by Gasteiger charge is 2.14. The molecule has 2 aromatic rings. The van der Waals surface area contributed by atoms with Gasteiger partial charge < -0.3 is 10.4 Å². The standard InChI is InChI=1S/C17H14Cl2FN3O4/c18-9-1-4-14(24)12(7-9)17(27)23-22-15(25)5-6-21-16(26)11-3-2-10(20)8-13(11)19/h1-4,7-8,24H,5-6H2,(H,21,26)(H,22,25)(H,23,27). The molecule has 0 radical (unpaired) electrons. The summed E-state index contributed by atoms with van der Waals surface area (Å²) in [7, 11) is 0. The van der Waals surface area contributed by atoms with Gasteiger partial charge in [0.25, 0.3) is 11.8 Å². The van der Waals surface area contributed by atoms with Gasteiger partial charge in [-0.05, 0) is 36.4 Å². The highest BCUT2D eigenvalue weighted by Crippen LogP contribution is 2.21. The van der Waals surface area contributed by atoms with E-state index in [1.165, 1.54) is 24.3 Å². The molecule has 27 heavy (non-hydrogen) atoms. The van der Waals surface area contributed by atoms with Crippen LogP contribution >= 0.6 is 23.2 Å². The fraction of sp³-hybridized carbons (Fsp3) is 0.118. The number of phenolic OH excluding ortho intramolecular Hbond substituents is 1. The van der Waals surface area contributed by atoms with E-state index < -0.39 is 23.5 Å². The topological polar surface area (TPSA) is 108 Å². The normalized spacial score (nSPS) is 10.2. The van der Waals surface area contributed by atoms with Gasteiger partial charge >= 0.3 is 0 Å². The van der Waals surface area contributed by atoms with E-state index in [1.807, 2.05) is 0 Å². The van der Waals surface area contributed by atoms with Crippen molar-refractivity contribution in [3.05, 3.63) is 63.4 Å². The summed E-state index contributed by atoms with van der Waals surface area (Å²) in [5.41, 5.74) is 4.22. The minimum Gasteiger partial charge on any atom is -0.507 e. The van der Waals surface area contributed by atoms with E-state index >= 15 is 0 Å². The van der Waals surface area contributed by atoms with Crippen molar-refractivity contribution in [3.8, 4) is 5.75 Å². The Morgan fingerprint density at radius 3 is 2.41 bits per heavy atom. The zero-order chi connectivity index (χ0) is 20.0. The zero-order valence-electron chi connectivity index (χ0n) is 13.7. The van der Waals surface area contributed by atoms with Crippen LogP contribution in [-0.4, -0.2) is 29.4 Å². The highest BCUT2D eigenvalue weighted by molar-refractivity contribution is 6.33. The lowest BCUT2D eigenvalue weighted by atomic mass is 10.2. The second kappa shape index (κ2) is 9.20. The first-order valence-electron chi connectivity index (χ1n) is 7.59. The molecule has 0 aromatic heterocycles. The van der Waals surface area contributed by atoms with Gasteiger partial charge in [0, 0.05) is 18.0 Å². The first-order chi connectivity index (χ1) is 12.8. The van der Waals surface area contributed by atoms with Crippen LogP contribution in [0, 0.1) is 5.82 Å². The average Bonchev–Trinajstić information content (AvgIpc) is 2.61. The van der Waals surface area contributed by atoms with E-state index in [2.05, 4.69) is 16.2 Å². The molecular weight excluding hydrogens is 400 g/mol. The van der Waals surface area contributed by atoms with Crippen LogP contribution in [0.25, 0.3) is 0 Å². The molecule has 0 atom stereocenters. The minimum absolute atomic E-state index is 0.0450. The lowest BCUT2D eigenvalue weighted by Crippen LogP contribution is -2.42. The molecule has 0 spiro atoms. The SMILES string of the molecule is O=C(CCNC(=O)c1ccc(F)cc1Cl)NNC(=O)c1cc(Cl)ccc1O. The van der Waals surface area contributed by atoms with Crippen molar-refractivity contribution in [2.75, 3.05) is 6.54 Å². The van der Waals surface area contributed by atoms with Crippen LogP contribution in [-0.2, 0) is 4.79 Å². The molecule has 3 amide bonds. The molecule has 0 aliphatic rings. The minimum atomic E-state index is -0.759. The van der Waals surface area contributed by atoms with Crippen molar-refractivity contribution in [3.63, 3.8) is 0 Å². The maximum Gasteiger partial charge on any atom is 0.273 e. The fourth-order valence-corrected chi connectivity index (χ4v) is 2.43. The van der Waals surface area contributed by atoms with Crippen LogP contribution in [0.2, 0.25) is 10.0 Å². The number of amides is 3. The van der Waals surface area contributed by atoms with Crippen molar-refractivity contribution in [2.45, 2.75) is 6.42 Å². The Balaban J connectivity index is 1.78. The third-order valence-electron chi connectivity index (χ3n) is 3.33. The number of hydrogen-bond acceptors (Lipinski definition) is 4. The Morgan fingerprint density at radius 1 is 0.963 bits per heavy atom. The summed E-state index contributed by atoms with van der Waals surface area (Å²) in [5, 5.41) is 12.2. The Morgan fingerprint density at radius 2 is 1.70 bits per heavy atom. The third-order valence-corrected chi connectivity index (χ3v) is 3.88. The number of rotatable bonds is 5. The van der Waals surface area contributed by atoms with E-state index in [4.69, 9.17) is 23.2 Å². The highest BCUT2D eigenvalue weighted by atomic mass is 35.5. The zero-order valence-corrected chi connectivity index (χ0v) is 15.2. The number of halogens is 3. The molecule has 2 rings (SSSR count). The van der Waals surface area contributed by atoms with Crippen molar-refractivity contribution in [1.82, 2.24) is 16.2 Å². The maximum absolute atomic E-state index is 13.0. The van der Waals surface area contributed by atoms with Crippen molar-refractivity contribution >= 4 is 40.9 Å². The number of hydrazine groups is 1. The Bertz CT molecular complexity index is 892. The molecule has 0 aliphatic heterocycles. The summed E-state index contributed by atoms with van der Waals surface area (Å²) in [6, 6.07) is 7.21. The maximum atomic E-state index is 13.0. The molecule has 142 valence electrons. The summed E-state index contributed by atoms with van der Waals surface area (Å²) >= 11 is 11.5. The fourth-order valence-electron chi connectivity index (χ4n) is 2.00. The second-order valence-electron chi connectivity index (χ2n) is 5.29. The van der Waals surface area contributed by atoms with Gasteiger partial charge in [-0.2, -0.15) is 0 Å². The van der Waals surface area contributed by atoms with Gasteiger partial charge in [0.15, 0.2) is 0 Å². The Hall–Kier alpha value is -2.84. The van der Waals surface area contributed by atoms with Crippen LogP contribution in [0.1, 0.15) is 27.1 Å². The van der Waals surface area contributed by atoms with E-state index in [0.29, 0.717) is 0 Å². The molecule has 4 N–H and O–H groups in total. The molecule has 2 aromatic carbocycles. The molecule has 0 fully saturated rings. The molecule has 0 saturated carbocycles. The molecule has 10 heteroatoms. The second-order valence-corrected chi connectivity index (χ2v) is 6.14. The lowest BCUT2D eigenvalue weighted by Gasteiger charge is -2.10. The van der Waals surface area contributed by atoms with Crippen LogP contribution in [0.5, 0.6) is 5.75 Å². The predicted molar refractivity (Wildman–Crippen MR) is 97.1 cm³/mol. The molecule has 0 saturated heterocycles. The molecule has 0 bridgehead atoms. The largest absolute Gasteiger partial charge is 0.507 e. The van der Waals surface area contributed by atoms with Gasteiger partial charge in [0.1, 0.15) is 11.6 Å². The van der Waals surface area contributed by atoms with Crippen LogP contribution in [0.15, 0.2) is 36.4 Å². The van der Waals surface area contributed by atoms with E-state index in [0.717, 1.165) is 12.1 Å². The summed E-state index contributed by atoms with van der Waals surface area (Å²) in [5.74, 6) is -2.78. The van der Waals surface area contributed by atoms with Crippen LogP contribution in [0.3, 0.4) is 0 Å². The molecule has 0 unspecified atom stereocenters. The van der Waals surface area contributed by atoms with E-state index in [-0.39, 0.29) is 39.9 Å². The van der Waals surface area contributed by atoms with Crippen LogP contribution in [0.4, 0.5) is 4.39 Å². The number of carbonyl (C=O) groups excluding carboxylic acids is 3. The summed E-state index contributed by atoms with van der Waals surface area (Å²) in [6.07, 6.45) is -0.146. The van der Waals surface area contributed by atoms with Crippen molar-refractivity contribution in [2.24, 2.45) is 0 Å². The number of aromatic hydroxyl groups is 1. The summed E-state index contributed by atoms with van der Waals surface area (Å²) in [4.78, 5) is 35.5. The smallest absolute Gasteiger partial charge is 0.273 e. The van der Waals surface area contributed by atoms with Gasteiger partial charge in [-0.1, -0.05) is 23.2 Å². The molecule has 0 aliphatic carbocycles. The van der Waals surface area contributed by atoms with Gasteiger partial charge in [-0.25, -0.2) is 4.39 Å². The van der Waals surface area contributed by atoms with E-state index in [9.17, 15) is 23.9 Å². The first kappa shape index (κ1) is 20.5. The molecule has 0 heterocycles. The van der Waals surface area contributed by atoms with Gasteiger partial charge in [0.05, 0.1) is 16.1 Å². The summed E-state index contributed by atoms with van der Waals surface area (Å²) < 4.78 is 13.0. The number of nitrogens with one attached hydrogen (secondary N) is 3. The van der Waals surface area contributed by atoms with Gasteiger partial charge in [-0.3, -0.25) is 25.2 Å². The van der Waals surface area contributed by atoms with Crippen molar-refractivity contribution in [1.29, 1.82) is 0 Å². The Labute approximate surface area is 163 Å².